The van der Waals surface area contributed by atoms with Gasteiger partial charge >= 0.3 is 0 Å². The van der Waals surface area contributed by atoms with Crippen molar-refractivity contribution in [1.29, 1.82) is 0 Å². The molecule has 4 rings (SSSR count). The summed E-state index contributed by atoms with van der Waals surface area (Å²) in [6.07, 6.45) is 0. The van der Waals surface area contributed by atoms with E-state index in [1.807, 2.05) is 31.2 Å². The van der Waals surface area contributed by atoms with E-state index >= 15 is 0 Å². The molecule has 158 valence electrons. The molecule has 0 fully saturated rings. The van der Waals surface area contributed by atoms with Gasteiger partial charge in [-0.15, -0.1) is 0 Å². The third-order valence-electron chi connectivity index (χ3n) is 4.77. The highest BCUT2D eigenvalue weighted by Gasteiger charge is 2.20. The molecule has 0 aliphatic rings. The Morgan fingerprint density at radius 3 is 2.42 bits per heavy atom. The zero-order valence-electron chi connectivity index (χ0n) is 16.4. The van der Waals surface area contributed by atoms with Gasteiger partial charge in [-0.05, 0) is 54.4 Å². The average Bonchev–Trinajstić information content (AvgIpc) is 3.14. The maximum atomic E-state index is 10.9. The van der Waals surface area contributed by atoms with E-state index in [1.54, 1.807) is 24.3 Å². The number of aromatic hydroxyl groups is 1. The molecule has 7 nitrogen and oxygen atoms in total. The van der Waals surface area contributed by atoms with Crippen LogP contribution in [0.3, 0.4) is 0 Å². The largest absolute Gasteiger partial charge is 0.733 e. The van der Waals surface area contributed by atoms with Crippen molar-refractivity contribution in [3.05, 3.63) is 87.7 Å². The fraction of sp³-hybridized carbons (Fsp3) is 0.0870. The highest BCUT2D eigenvalue weighted by atomic mass is 79.9. The number of rotatable bonds is 6. The van der Waals surface area contributed by atoms with Gasteiger partial charge in [-0.2, -0.15) is 0 Å². The Kier molecular flexibility index (Phi) is 5.94. The van der Waals surface area contributed by atoms with Gasteiger partial charge in [0.25, 0.3) is 0 Å². The molecule has 3 aromatic carbocycles. The lowest BCUT2D eigenvalue weighted by molar-refractivity contribution is 0.295. The molecule has 0 spiro atoms. The first-order chi connectivity index (χ1) is 14.9. The highest BCUT2D eigenvalue weighted by Crippen LogP contribution is 2.40. The lowest BCUT2D eigenvalue weighted by Gasteiger charge is -2.21. The second kappa shape index (κ2) is 8.81. The van der Waals surface area contributed by atoms with Crippen molar-refractivity contribution in [3.63, 3.8) is 0 Å². The lowest BCUT2D eigenvalue weighted by atomic mass is 9.99. The molecule has 0 radical (unpaired) electrons. The third-order valence-corrected chi connectivity index (χ3v) is 5.30. The smallest absolute Gasteiger partial charge is 0.178 e. The molecule has 31 heavy (non-hydrogen) atoms. The Balaban J connectivity index is 1.55. The van der Waals surface area contributed by atoms with Crippen molar-refractivity contribution < 1.29 is 19.6 Å². The molecule has 0 unspecified atom stereocenters. The van der Waals surface area contributed by atoms with Gasteiger partial charge in [-0.25, -0.2) is 0 Å². The van der Waals surface area contributed by atoms with E-state index in [0.29, 0.717) is 17.1 Å². The van der Waals surface area contributed by atoms with Crippen LogP contribution in [-0.2, 0) is 6.61 Å². The first-order valence-electron chi connectivity index (χ1n) is 9.36. The minimum absolute atomic E-state index is 0.00429. The molecule has 1 heterocycles. The van der Waals surface area contributed by atoms with Crippen LogP contribution in [0, 0.1) is 12.1 Å². The van der Waals surface area contributed by atoms with Gasteiger partial charge in [0.1, 0.15) is 18.1 Å². The predicted octanol–water partition coefficient (Wildman–Crippen LogP) is 6.06. The van der Waals surface area contributed by atoms with Gasteiger partial charge in [-0.3, -0.25) is 5.21 Å². The molecule has 0 amide bonds. The van der Waals surface area contributed by atoms with Crippen molar-refractivity contribution in [1.82, 2.24) is 5.16 Å². The molecule has 0 saturated carbocycles. The van der Waals surface area contributed by atoms with Crippen LogP contribution in [0.5, 0.6) is 11.5 Å². The number of halogens is 1. The van der Waals surface area contributed by atoms with E-state index in [0.717, 1.165) is 26.9 Å². The summed E-state index contributed by atoms with van der Waals surface area (Å²) >= 11 is 3.43. The molecular formula is C23H18BrN2O5-. The number of phenols is 1. The molecule has 0 aliphatic carbocycles. The Morgan fingerprint density at radius 1 is 1.06 bits per heavy atom. The zero-order chi connectivity index (χ0) is 22.0. The van der Waals surface area contributed by atoms with E-state index in [-0.39, 0.29) is 23.3 Å². The molecule has 8 heteroatoms. The Labute approximate surface area is 186 Å². The fourth-order valence-electron chi connectivity index (χ4n) is 3.19. The molecular weight excluding hydrogens is 464 g/mol. The molecule has 0 aliphatic heterocycles. The second-order valence-corrected chi connectivity index (χ2v) is 7.80. The van der Waals surface area contributed by atoms with Crippen LogP contribution in [0.15, 0.2) is 75.7 Å². The van der Waals surface area contributed by atoms with Gasteiger partial charge in [0, 0.05) is 10.5 Å². The fourth-order valence-corrected chi connectivity index (χ4v) is 3.45. The van der Waals surface area contributed by atoms with Gasteiger partial charge in [-0.1, -0.05) is 45.4 Å². The summed E-state index contributed by atoms with van der Waals surface area (Å²) in [7, 11) is 0. The number of hydrogen-bond donors (Lipinski definition) is 2. The van der Waals surface area contributed by atoms with Crippen LogP contribution in [0.25, 0.3) is 22.5 Å². The van der Waals surface area contributed by atoms with Gasteiger partial charge in [0.2, 0.25) is 0 Å². The topological polar surface area (TPSA) is 102 Å². The van der Waals surface area contributed by atoms with E-state index in [4.69, 9.17) is 14.5 Å². The number of benzene rings is 3. The number of aromatic nitrogens is 1. The molecule has 2 N–H and O–H groups in total. The van der Waals surface area contributed by atoms with Gasteiger partial charge < -0.3 is 24.8 Å². The normalized spacial score (nSPS) is 10.8. The minimum atomic E-state index is -0.199. The van der Waals surface area contributed by atoms with E-state index in [1.165, 1.54) is 18.2 Å². The van der Waals surface area contributed by atoms with Gasteiger partial charge in [0.15, 0.2) is 5.76 Å². The third kappa shape index (κ3) is 4.56. The highest BCUT2D eigenvalue weighted by molar-refractivity contribution is 9.10. The van der Waals surface area contributed by atoms with Crippen molar-refractivity contribution >= 4 is 21.6 Å². The van der Waals surface area contributed by atoms with E-state index in [2.05, 4.69) is 21.1 Å². The Bertz CT molecular complexity index is 1190. The predicted molar refractivity (Wildman–Crippen MR) is 120 cm³/mol. The van der Waals surface area contributed by atoms with Crippen molar-refractivity contribution in [3.8, 4) is 33.9 Å². The molecule has 1 aromatic heterocycles. The lowest BCUT2D eigenvalue weighted by Crippen LogP contribution is -2.06. The summed E-state index contributed by atoms with van der Waals surface area (Å²) in [6, 6.07) is 19.1. The number of hydrogen-bond acceptors (Lipinski definition) is 7. The van der Waals surface area contributed by atoms with Crippen molar-refractivity contribution in [2.24, 2.45) is 0 Å². The van der Waals surface area contributed by atoms with Gasteiger partial charge in [0.05, 0.1) is 22.5 Å². The maximum absolute atomic E-state index is 10.9. The SMILES string of the molecule is Cc1noc(-c2ccc(OCc3ccc(N([O-])O)cc3)cc2O)c1-c1ccc(Br)cc1. The Hall–Kier alpha value is -3.33. The monoisotopic (exact) mass is 481 g/mol. The molecule has 0 saturated heterocycles. The van der Waals surface area contributed by atoms with Crippen LogP contribution in [0.1, 0.15) is 11.3 Å². The molecule has 4 aromatic rings. The molecule has 0 atom stereocenters. The van der Waals surface area contributed by atoms with Crippen LogP contribution in [-0.4, -0.2) is 15.5 Å². The van der Waals surface area contributed by atoms with Crippen LogP contribution in [0.2, 0.25) is 0 Å². The second-order valence-electron chi connectivity index (χ2n) is 6.89. The maximum Gasteiger partial charge on any atom is 0.178 e. The number of nitrogens with zero attached hydrogens (tertiary/aromatic N) is 2. The first-order valence-corrected chi connectivity index (χ1v) is 10.1. The summed E-state index contributed by atoms with van der Waals surface area (Å²) < 4.78 is 12.2. The van der Waals surface area contributed by atoms with Crippen LogP contribution < -0.4 is 9.96 Å². The summed E-state index contributed by atoms with van der Waals surface area (Å²) in [4.78, 5) is 0. The zero-order valence-corrected chi connectivity index (χ0v) is 18.0. The van der Waals surface area contributed by atoms with E-state index < -0.39 is 0 Å². The van der Waals surface area contributed by atoms with Crippen LogP contribution in [0.4, 0.5) is 5.69 Å². The number of aryl methyl sites for hydroxylation is 1. The summed E-state index contributed by atoms with van der Waals surface area (Å²) in [5.74, 6) is 0.953. The minimum Gasteiger partial charge on any atom is -0.733 e. The number of anilines is 1. The van der Waals surface area contributed by atoms with Crippen LogP contribution >= 0.6 is 15.9 Å². The quantitative estimate of drug-likeness (QED) is 0.322. The van der Waals surface area contributed by atoms with E-state index in [9.17, 15) is 10.3 Å². The number of ether oxygens (including phenoxy) is 1. The Morgan fingerprint density at radius 2 is 1.77 bits per heavy atom. The summed E-state index contributed by atoms with van der Waals surface area (Å²) in [5.41, 5.74) is 3.91. The summed E-state index contributed by atoms with van der Waals surface area (Å²) in [6.45, 7) is 2.09. The standard InChI is InChI=1S/C23H18BrN2O5/c1-14-22(16-4-6-17(24)7-5-16)23(31-25-14)20-11-10-19(12-21(20)27)30-13-15-2-8-18(9-3-15)26(28)29/h2-12,27-28H,13H2,1H3/q-1. The first kappa shape index (κ1) is 20.9. The summed E-state index contributed by atoms with van der Waals surface area (Å²) in [5, 5.41) is 34.2. The average molecular weight is 482 g/mol. The van der Waals surface area contributed by atoms with Crippen molar-refractivity contribution in [2.75, 3.05) is 5.23 Å². The van der Waals surface area contributed by atoms with Crippen molar-refractivity contribution in [2.45, 2.75) is 13.5 Å². The number of phenolic OH excluding ortho intramolecular Hbond substituents is 1. The molecule has 0 bridgehead atoms.